The minimum absolute atomic E-state index is 0.0000247. The van der Waals surface area contributed by atoms with E-state index in [1.165, 1.54) is 11.8 Å². The zero-order valence-electron chi connectivity index (χ0n) is 16.5. The minimum atomic E-state index is -0.0000247. The van der Waals surface area contributed by atoms with Gasteiger partial charge in [-0.2, -0.15) is 0 Å². The summed E-state index contributed by atoms with van der Waals surface area (Å²) in [6.07, 6.45) is 1.79. The smallest absolute Gasteiger partial charge is 0.233 e. The molecular formula is C22H23ClN4OS. The Labute approximate surface area is 180 Å². The topological polar surface area (TPSA) is 51.0 Å². The molecule has 0 saturated carbocycles. The van der Waals surface area contributed by atoms with Crippen molar-refractivity contribution in [1.82, 2.24) is 19.7 Å². The van der Waals surface area contributed by atoms with Crippen molar-refractivity contribution in [3.63, 3.8) is 0 Å². The molecule has 3 aromatic rings. The van der Waals surface area contributed by atoms with Crippen molar-refractivity contribution in [2.75, 3.05) is 12.8 Å². The van der Waals surface area contributed by atoms with E-state index >= 15 is 0 Å². The summed E-state index contributed by atoms with van der Waals surface area (Å²) in [4.78, 5) is 14.5. The summed E-state index contributed by atoms with van der Waals surface area (Å²) >= 11 is 7.36. The van der Waals surface area contributed by atoms with Crippen LogP contribution in [0.3, 0.4) is 0 Å². The number of hydrogen-bond donors (Lipinski definition) is 0. The molecule has 5 nitrogen and oxygen atoms in total. The van der Waals surface area contributed by atoms with E-state index in [0.717, 1.165) is 17.0 Å². The molecule has 0 N–H and O–H groups in total. The Hall–Kier alpha value is -2.57. The first-order valence-corrected chi connectivity index (χ1v) is 10.6. The number of halogens is 1. The van der Waals surface area contributed by atoms with E-state index in [-0.39, 0.29) is 17.7 Å². The Morgan fingerprint density at radius 2 is 1.90 bits per heavy atom. The van der Waals surface area contributed by atoms with E-state index in [2.05, 4.69) is 16.8 Å². The van der Waals surface area contributed by atoms with Crippen LogP contribution in [0.5, 0.6) is 0 Å². The van der Waals surface area contributed by atoms with Gasteiger partial charge in [0.2, 0.25) is 5.91 Å². The van der Waals surface area contributed by atoms with Crippen LogP contribution in [0.1, 0.15) is 18.5 Å². The highest BCUT2D eigenvalue weighted by molar-refractivity contribution is 7.99. The van der Waals surface area contributed by atoms with Crippen LogP contribution in [0.4, 0.5) is 0 Å². The van der Waals surface area contributed by atoms with Crippen molar-refractivity contribution in [3.05, 3.63) is 77.8 Å². The molecular weight excluding hydrogens is 404 g/mol. The number of carbonyl (C=O) groups excluding carboxylic acids is 1. The molecule has 0 fully saturated rings. The summed E-state index contributed by atoms with van der Waals surface area (Å²) in [6.45, 7) is 6.40. The predicted octanol–water partition coefficient (Wildman–Crippen LogP) is 5.10. The lowest BCUT2D eigenvalue weighted by Crippen LogP contribution is -2.31. The molecule has 1 amide bonds. The van der Waals surface area contributed by atoms with E-state index < -0.39 is 0 Å². The van der Waals surface area contributed by atoms with Crippen LogP contribution in [0.2, 0.25) is 5.02 Å². The maximum atomic E-state index is 12.7. The van der Waals surface area contributed by atoms with Gasteiger partial charge in [0, 0.05) is 24.2 Å². The molecule has 0 aliphatic carbocycles. The highest BCUT2D eigenvalue weighted by atomic mass is 35.5. The molecule has 0 radical (unpaired) electrons. The van der Waals surface area contributed by atoms with Crippen LogP contribution in [-0.2, 0) is 11.3 Å². The summed E-state index contributed by atoms with van der Waals surface area (Å²) in [6, 6.07) is 17.4. The molecule has 0 spiro atoms. The van der Waals surface area contributed by atoms with Gasteiger partial charge in [-0.3, -0.25) is 9.36 Å². The van der Waals surface area contributed by atoms with Gasteiger partial charge in [-0.25, -0.2) is 0 Å². The summed E-state index contributed by atoms with van der Waals surface area (Å²) < 4.78 is 1.95. The lowest BCUT2D eigenvalue weighted by atomic mass is 10.1. The quantitative estimate of drug-likeness (QED) is 0.371. The fourth-order valence-corrected chi connectivity index (χ4v) is 3.90. The van der Waals surface area contributed by atoms with Crippen molar-refractivity contribution in [1.29, 1.82) is 0 Å². The van der Waals surface area contributed by atoms with Gasteiger partial charge in [0.15, 0.2) is 11.0 Å². The largest absolute Gasteiger partial charge is 0.338 e. The average molecular weight is 427 g/mol. The van der Waals surface area contributed by atoms with Crippen LogP contribution in [0.15, 0.2) is 72.4 Å². The first kappa shape index (κ1) is 21.1. The van der Waals surface area contributed by atoms with E-state index in [1.807, 2.05) is 73.1 Å². The second-order valence-electron chi connectivity index (χ2n) is 6.59. The molecule has 0 aliphatic heterocycles. The predicted molar refractivity (Wildman–Crippen MR) is 119 cm³/mol. The first-order valence-electron chi connectivity index (χ1n) is 9.24. The molecule has 1 heterocycles. The highest BCUT2D eigenvalue weighted by Gasteiger charge is 2.20. The van der Waals surface area contributed by atoms with Crippen LogP contribution in [-0.4, -0.2) is 38.4 Å². The Balaban J connectivity index is 1.72. The maximum absolute atomic E-state index is 12.7. The number of benzene rings is 2. The zero-order valence-corrected chi connectivity index (χ0v) is 18.0. The molecule has 0 bridgehead atoms. The van der Waals surface area contributed by atoms with Crippen LogP contribution >= 0.6 is 23.4 Å². The number of allylic oxidation sites excluding steroid dienone is 1. The molecule has 150 valence electrons. The van der Waals surface area contributed by atoms with Crippen molar-refractivity contribution >= 4 is 29.3 Å². The third-order valence-corrected chi connectivity index (χ3v) is 5.92. The third kappa shape index (κ3) is 5.08. The highest BCUT2D eigenvalue weighted by Crippen LogP contribution is 2.26. The second kappa shape index (κ2) is 9.76. The fraction of sp³-hybridized carbons (Fsp3) is 0.227. The van der Waals surface area contributed by atoms with E-state index in [4.69, 9.17) is 11.6 Å². The average Bonchev–Trinajstić information content (AvgIpc) is 3.15. The molecule has 29 heavy (non-hydrogen) atoms. The van der Waals surface area contributed by atoms with Crippen LogP contribution < -0.4 is 0 Å². The van der Waals surface area contributed by atoms with Gasteiger partial charge in [-0.1, -0.05) is 59.8 Å². The van der Waals surface area contributed by atoms with Crippen LogP contribution in [0.25, 0.3) is 11.4 Å². The van der Waals surface area contributed by atoms with Gasteiger partial charge < -0.3 is 4.90 Å². The zero-order chi connectivity index (χ0) is 20.8. The van der Waals surface area contributed by atoms with Crippen molar-refractivity contribution in [2.45, 2.75) is 24.7 Å². The molecule has 0 aliphatic rings. The summed E-state index contributed by atoms with van der Waals surface area (Å²) in [5, 5.41) is 9.96. The lowest BCUT2D eigenvalue weighted by molar-refractivity contribution is -0.128. The SMILES string of the molecule is C=CCn1c(SCC(=O)N(C)C(C)c2ccccc2)nnc1-c1ccc(Cl)cc1. The van der Waals surface area contributed by atoms with Gasteiger partial charge in [-0.15, -0.1) is 16.8 Å². The maximum Gasteiger partial charge on any atom is 0.233 e. The van der Waals surface area contributed by atoms with Gasteiger partial charge in [-0.05, 0) is 36.8 Å². The Bertz CT molecular complexity index is 972. The minimum Gasteiger partial charge on any atom is -0.338 e. The number of carbonyl (C=O) groups is 1. The molecule has 7 heteroatoms. The Morgan fingerprint density at radius 3 is 2.55 bits per heavy atom. The molecule has 1 atom stereocenters. The third-order valence-electron chi connectivity index (χ3n) is 4.71. The molecule has 2 aromatic carbocycles. The monoisotopic (exact) mass is 426 g/mol. The number of amides is 1. The number of nitrogens with zero attached hydrogens (tertiary/aromatic N) is 4. The van der Waals surface area contributed by atoms with E-state index in [0.29, 0.717) is 16.7 Å². The normalized spacial score (nSPS) is 11.8. The number of thioether (sulfide) groups is 1. The van der Waals surface area contributed by atoms with Gasteiger partial charge >= 0.3 is 0 Å². The number of rotatable bonds is 8. The molecule has 0 saturated heterocycles. The van der Waals surface area contributed by atoms with Crippen molar-refractivity contribution in [2.24, 2.45) is 0 Å². The summed E-state index contributed by atoms with van der Waals surface area (Å²) in [5.41, 5.74) is 2.02. The number of hydrogen-bond acceptors (Lipinski definition) is 4. The van der Waals surface area contributed by atoms with Crippen molar-refractivity contribution < 1.29 is 4.79 Å². The van der Waals surface area contributed by atoms with Gasteiger partial charge in [0.25, 0.3) is 0 Å². The van der Waals surface area contributed by atoms with E-state index in [9.17, 15) is 4.79 Å². The van der Waals surface area contributed by atoms with Crippen molar-refractivity contribution in [3.8, 4) is 11.4 Å². The van der Waals surface area contributed by atoms with E-state index in [1.54, 1.807) is 11.0 Å². The van der Waals surface area contributed by atoms with Crippen LogP contribution in [0, 0.1) is 0 Å². The Morgan fingerprint density at radius 1 is 1.21 bits per heavy atom. The summed E-state index contributed by atoms with van der Waals surface area (Å²) in [5.74, 6) is 1.04. The Kier molecular flexibility index (Phi) is 7.12. The molecule has 3 rings (SSSR count). The molecule has 1 unspecified atom stereocenters. The first-order chi connectivity index (χ1) is 14.0. The summed E-state index contributed by atoms with van der Waals surface area (Å²) in [7, 11) is 1.83. The standard InChI is InChI=1S/C22H23ClN4OS/c1-4-14-27-21(18-10-12-19(23)13-11-18)24-25-22(27)29-15-20(28)26(3)16(2)17-8-6-5-7-9-17/h4-13,16H,1,14-15H2,2-3H3. The second-order valence-corrected chi connectivity index (χ2v) is 7.97. The van der Waals surface area contributed by atoms with Gasteiger partial charge in [0.1, 0.15) is 0 Å². The lowest BCUT2D eigenvalue weighted by Gasteiger charge is -2.25. The van der Waals surface area contributed by atoms with Gasteiger partial charge in [0.05, 0.1) is 11.8 Å². The molecule has 1 aromatic heterocycles. The number of aromatic nitrogens is 3. The fourth-order valence-electron chi connectivity index (χ4n) is 2.90.